The van der Waals surface area contributed by atoms with Gasteiger partial charge in [0.15, 0.2) is 5.65 Å². The van der Waals surface area contributed by atoms with Crippen molar-refractivity contribution in [2.24, 2.45) is 0 Å². The number of hydrogen-bond donors (Lipinski definition) is 1. The second-order valence-electron chi connectivity index (χ2n) is 4.07. The van der Waals surface area contributed by atoms with Gasteiger partial charge >= 0.3 is 0 Å². The fraction of sp³-hybridized carbons (Fsp3) is 0.154. The molecule has 1 N–H and O–H groups in total. The minimum absolute atomic E-state index is 0.151. The van der Waals surface area contributed by atoms with Crippen molar-refractivity contribution in [2.75, 3.05) is 14.2 Å². The molecule has 0 amide bonds. The van der Waals surface area contributed by atoms with Crippen LogP contribution in [-0.2, 0) is 0 Å². The SMILES string of the molecule is COc1cc(OC)cc(-c2nc(Cl)nc3[nH]ncc23)c1. The molecule has 0 radical (unpaired) electrons. The quantitative estimate of drug-likeness (QED) is 0.751. The number of H-pyrrole nitrogens is 1. The van der Waals surface area contributed by atoms with E-state index in [0.29, 0.717) is 22.8 Å². The van der Waals surface area contributed by atoms with Gasteiger partial charge in [0.1, 0.15) is 11.5 Å². The van der Waals surface area contributed by atoms with Gasteiger partial charge in [-0.15, -0.1) is 0 Å². The van der Waals surface area contributed by atoms with Gasteiger partial charge in [-0.2, -0.15) is 10.1 Å². The highest BCUT2D eigenvalue weighted by atomic mass is 35.5. The van der Waals surface area contributed by atoms with E-state index in [1.807, 2.05) is 12.1 Å². The van der Waals surface area contributed by atoms with Crippen molar-refractivity contribution >= 4 is 22.6 Å². The van der Waals surface area contributed by atoms with E-state index in [0.717, 1.165) is 10.9 Å². The van der Waals surface area contributed by atoms with Gasteiger partial charge in [0.2, 0.25) is 5.28 Å². The summed E-state index contributed by atoms with van der Waals surface area (Å²) in [7, 11) is 3.19. The number of aromatic nitrogens is 4. The van der Waals surface area contributed by atoms with Crippen molar-refractivity contribution in [1.29, 1.82) is 0 Å². The maximum absolute atomic E-state index is 5.95. The maximum Gasteiger partial charge on any atom is 0.224 e. The minimum atomic E-state index is 0.151. The first-order valence-electron chi connectivity index (χ1n) is 5.81. The Hall–Kier alpha value is -2.34. The van der Waals surface area contributed by atoms with Gasteiger partial charge in [0.05, 0.1) is 31.5 Å². The Kier molecular flexibility index (Phi) is 3.15. The monoisotopic (exact) mass is 290 g/mol. The van der Waals surface area contributed by atoms with E-state index >= 15 is 0 Å². The molecule has 0 aliphatic heterocycles. The van der Waals surface area contributed by atoms with E-state index < -0.39 is 0 Å². The van der Waals surface area contributed by atoms with Crippen LogP contribution in [0.2, 0.25) is 5.28 Å². The lowest BCUT2D eigenvalue weighted by atomic mass is 10.1. The van der Waals surface area contributed by atoms with Crippen LogP contribution in [0.3, 0.4) is 0 Å². The van der Waals surface area contributed by atoms with Crippen LogP contribution in [0.15, 0.2) is 24.4 Å². The second-order valence-corrected chi connectivity index (χ2v) is 4.41. The number of benzene rings is 1. The molecule has 0 unspecified atom stereocenters. The molecule has 0 spiro atoms. The Balaban J connectivity index is 2.26. The number of halogens is 1. The standard InChI is InChI=1S/C13H11ClN4O2/c1-19-8-3-7(4-9(5-8)20-2)11-10-6-15-18-12(10)17-13(14)16-11/h3-6H,1-2H3,(H,15,16,17,18). The van der Waals surface area contributed by atoms with Crippen molar-refractivity contribution in [3.8, 4) is 22.8 Å². The van der Waals surface area contributed by atoms with Crippen LogP contribution in [-0.4, -0.2) is 34.4 Å². The molecule has 0 saturated heterocycles. The van der Waals surface area contributed by atoms with Crippen LogP contribution < -0.4 is 9.47 Å². The summed E-state index contributed by atoms with van der Waals surface area (Å²) in [5, 5.41) is 7.68. The normalized spacial score (nSPS) is 10.8. The number of nitrogens with one attached hydrogen (secondary N) is 1. The van der Waals surface area contributed by atoms with Crippen LogP contribution in [0.1, 0.15) is 0 Å². The van der Waals surface area contributed by atoms with Crippen molar-refractivity contribution in [3.05, 3.63) is 29.7 Å². The first-order chi connectivity index (χ1) is 9.71. The molecular formula is C13H11ClN4O2. The summed E-state index contributed by atoms with van der Waals surface area (Å²) >= 11 is 5.95. The topological polar surface area (TPSA) is 72.9 Å². The summed E-state index contributed by atoms with van der Waals surface area (Å²) < 4.78 is 10.5. The fourth-order valence-corrected chi connectivity index (χ4v) is 2.14. The summed E-state index contributed by atoms with van der Waals surface area (Å²) in [6, 6.07) is 5.50. The van der Waals surface area contributed by atoms with Crippen LogP contribution in [0.5, 0.6) is 11.5 Å². The molecule has 0 saturated carbocycles. The molecule has 2 heterocycles. The van der Waals surface area contributed by atoms with Gasteiger partial charge in [-0.1, -0.05) is 0 Å². The number of fused-ring (bicyclic) bond motifs is 1. The first kappa shape index (κ1) is 12.7. The average molecular weight is 291 g/mol. The molecule has 0 aliphatic carbocycles. The minimum Gasteiger partial charge on any atom is -0.497 e. The van der Waals surface area contributed by atoms with Gasteiger partial charge in [-0.25, -0.2) is 4.98 Å². The summed E-state index contributed by atoms with van der Waals surface area (Å²) in [5.41, 5.74) is 2.07. The lowest BCUT2D eigenvalue weighted by molar-refractivity contribution is 0.394. The van der Waals surface area contributed by atoms with Gasteiger partial charge in [0.25, 0.3) is 0 Å². The molecule has 20 heavy (non-hydrogen) atoms. The summed E-state index contributed by atoms with van der Waals surface area (Å²) in [4.78, 5) is 8.36. The molecule has 6 nitrogen and oxygen atoms in total. The molecule has 102 valence electrons. The predicted octanol–water partition coefficient (Wildman–Crippen LogP) is 2.69. The van der Waals surface area contributed by atoms with Crippen LogP contribution >= 0.6 is 11.6 Å². The van der Waals surface area contributed by atoms with Crippen molar-refractivity contribution in [2.45, 2.75) is 0 Å². The van der Waals surface area contributed by atoms with Crippen molar-refractivity contribution in [3.63, 3.8) is 0 Å². The van der Waals surface area contributed by atoms with Crippen molar-refractivity contribution in [1.82, 2.24) is 20.2 Å². The predicted molar refractivity (Wildman–Crippen MR) is 75.2 cm³/mol. The number of nitrogens with zero attached hydrogens (tertiary/aromatic N) is 3. The lowest BCUT2D eigenvalue weighted by Gasteiger charge is -2.08. The zero-order valence-electron chi connectivity index (χ0n) is 10.8. The Labute approximate surface area is 119 Å². The number of rotatable bonds is 3. The highest BCUT2D eigenvalue weighted by molar-refractivity contribution is 6.28. The van der Waals surface area contributed by atoms with Gasteiger partial charge in [-0.05, 0) is 23.7 Å². The molecule has 2 aromatic heterocycles. The third-order valence-electron chi connectivity index (χ3n) is 2.91. The molecule has 0 aliphatic rings. The zero-order valence-corrected chi connectivity index (χ0v) is 11.6. The number of ether oxygens (including phenoxy) is 2. The van der Waals surface area contributed by atoms with E-state index in [-0.39, 0.29) is 5.28 Å². The van der Waals surface area contributed by atoms with E-state index in [9.17, 15) is 0 Å². The summed E-state index contributed by atoms with van der Waals surface area (Å²) in [5.74, 6) is 1.34. The molecule has 0 bridgehead atoms. The largest absolute Gasteiger partial charge is 0.497 e. The van der Waals surface area contributed by atoms with Gasteiger partial charge in [-0.3, -0.25) is 5.10 Å². The Morgan fingerprint density at radius 3 is 2.40 bits per heavy atom. The van der Waals surface area contributed by atoms with Crippen LogP contribution in [0.25, 0.3) is 22.3 Å². The van der Waals surface area contributed by atoms with Crippen LogP contribution in [0, 0.1) is 0 Å². The molecule has 0 fully saturated rings. The summed E-state index contributed by atoms with van der Waals surface area (Å²) in [6.07, 6.45) is 1.66. The Morgan fingerprint density at radius 2 is 1.75 bits per heavy atom. The number of methoxy groups -OCH3 is 2. The first-order valence-corrected chi connectivity index (χ1v) is 6.19. The second kappa shape index (κ2) is 4.97. The van der Waals surface area contributed by atoms with E-state index in [1.165, 1.54) is 0 Å². The third kappa shape index (κ3) is 2.14. The number of hydrogen-bond acceptors (Lipinski definition) is 5. The smallest absolute Gasteiger partial charge is 0.224 e. The highest BCUT2D eigenvalue weighted by Crippen LogP contribution is 2.32. The maximum atomic E-state index is 5.95. The third-order valence-corrected chi connectivity index (χ3v) is 3.08. The van der Waals surface area contributed by atoms with Gasteiger partial charge < -0.3 is 9.47 Å². The Morgan fingerprint density at radius 1 is 1.05 bits per heavy atom. The Bertz CT molecular complexity index is 750. The molecular weight excluding hydrogens is 280 g/mol. The van der Waals surface area contributed by atoms with Crippen molar-refractivity contribution < 1.29 is 9.47 Å². The van der Waals surface area contributed by atoms with Gasteiger partial charge in [0, 0.05) is 11.6 Å². The molecule has 7 heteroatoms. The van der Waals surface area contributed by atoms with E-state index in [4.69, 9.17) is 21.1 Å². The molecule has 3 aromatic rings. The average Bonchev–Trinajstić information content (AvgIpc) is 2.93. The zero-order chi connectivity index (χ0) is 14.1. The van der Waals surface area contributed by atoms with E-state index in [2.05, 4.69) is 20.2 Å². The highest BCUT2D eigenvalue weighted by Gasteiger charge is 2.12. The lowest BCUT2D eigenvalue weighted by Crippen LogP contribution is -1.93. The fourth-order valence-electron chi connectivity index (χ4n) is 1.97. The van der Waals surface area contributed by atoms with E-state index in [1.54, 1.807) is 26.5 Å². The molecule has 0 atom stereocenters. The van der Waals surface area contributed by atoms with Crippen LogP contribution in [0.4, 0.5) is 0 Å². The molecule has 3 rings (SSSR count). The molecule has 1 aromatic carbocycles. The number of aromatic amines is 1. The summed E-state index contributed by atoms with van der Waals surface area (Å²) in [6.45, 7) is 0.